The number of nitrogens with two attached hydrogens (primary N) is 1. The second-order valence-corrected chi connectivity index (χ2v) is 4.62. The number of methoxy groups -OCH3 is 1. The van der Waals surface area contributed by atoms with E-state index < -0.39 is 11.4 Å². The highest BCUT2D eigenvalue weighted by Gasteiger charge is 2.33. The van der Waals surface area contributed by atoms with Gasteiger partial charge in [-0.1, -0.05) is 13.8 Å². The van der Waals surface area contributed by atoms with Gasteiger partial charge in [0.15, 0.2) is 5.82 Å². The van der Waals surface area contributed by atoms with Gasteiger partial charge >= 0.3 is 5.97 Å². The van der Waals surface area contributed by atoms with Crippen LogP contribution in [0.5, 0.6) is 0 Å². The fourth-order valence-electron chi connectivity index (χ4n) is 1.91. The van der Waals surface area contributed by atoms with Crippen molar-refractivity contribution in [2.45, 2.75) is 33.2 Å². The number of amides is 1. The maximum absolute atomic E-state index is 12.3. The lowest BCUT2D eigenvalue weighted by Crippen LogP contribution is -2.41. The molecule has 120 valence electrons. The standard InChI is InChI=1S/C13H22N4O3.ClH/c1-4-13(5-2,9-14)12(19)15-10-6-7-17(16-10)8-11(18)20-3;/h6-7H,4-5,8-9,14H2,1-3H3,(H,15,16,19);1H. The van der Waals surface area contributed by atoms with E-state index in [-0.39, 0.29) is 31.4 Å². The first-order valence-electron chi connectivity index (χ1n) is 6.63. The molecular weight excluding hydrogens is 296 g/mol. The quantitative estimate of drug-likeness (QED) is 0.735. The summed E-state index contributed by atoms with van der Waals surface area (Å²) in [5.41, 5.74) is 5.15. The molecule has 1 heterocycles. The molecule has 1 aromatic rings. The van der Waals surface area contributed by atoms with Gasteiger partial charge in [0.1, 0.15) is 6.54 Å². The molecule has 0 aliphatic carbocycles. The van der Waals surface area contributed by atoms with Crippen LogP contribution in [-0.2, 0) is 20.9 Å². The van der Waals surface area contributed by atoms with Crippen molar-refractivity contribution >= 4 is 30.1 Å². The molecule has 0 aliphatic heterocycles. The van der Waals surface area contributed by atoms with E-state index in [4.69, 9.17) is 5.73 Å². The van der Waals surface area contributed by atoms with Crippen molar-refractivity contribution in [3.8, 4) is 0 Å². The highest BCUT2D eigenvalue weighted by Crippen LogP contribution is 2.26. The van der Waals surface area contributed by atoms with Crippen LogP contribution < -0.4 is 11.1 Å². The van der Waals surface area contributed by atoms with Gasteiger partial charge in [-0.15, -0.1) is 12.4 Å². The second-order valence-electron chi connectivity index (χ2n) is 4.62. The number of esters is 1. The zero-order chi connectivity index (χ0) is 15.2. The third kappa shape index (κ3) is 4.71. The number of ether oxygens (including phenoxy) is 1. The number of carbonyl (C=O) groups is 2. The summed E-state index contributed by atoms with van der Waals surface area (Å²) in [7, 11) is 1.31. The molecule has 21 heavy (non-hydrogen) atoms. The summed E-state index contributed by atoms with van der Waals surface area (Å²) in [6.07, 6.45) is 2.93. The minimum Gasteiger partial charge on any atom is -0.468 e. The van der Waals surface area contributed by atoms with Gasteiger partial charge in [-0.05, 0) is 12.8 Å². The summed E-state index contributed by atoms with van der Waals surface area (Å²) in [5, 5.41) is 6.84. The van der Waals surface area contributed by atoms with Crippen molar-refractivity contribution in [1.29, 1.82) is 0 Å². The summed E-state index contributed by atoms with van der Waals surface area (Å²) in [5.74, 6) is -0.142. The Kier molecular flexibility index (Phi) is 7.98. The zero-order valence-electron chi connectivity index (χ0n) is 12.6. The van der Waals surface area contributed by atoms with Crippen LogP contribution in [0.3, 0.4) is 0 Å². The number of hydrogen-bond acceptors (Lipinski definition) is 5. The molecule has 3 N–H and O–H groups in total. The Morgan fingerprint density at radius 3 is 2.52 bits per heavy atom. The van der Waals surface area contributed by atoms with Crippen LogP contribution in [0, 0.1) is 5.41 Å². The highest BCUT2D eigenvalue weighted by molar-refractivity contribution is 5.94. The van der Waals surface area contributed by atoms with E-state index >= 15 is 0 Å². The first-order valence-corrected chi connectivity index (χ1v) is 6.63. The smallest absolute Gasteiger partial charge is 0.327 e. The first kappa shape index (κ1) is 19.4. The zero-order valence-corrected chi connectivity index (χ0v) is 13.4. The van der Waals surface area contributed by atoms with E-state index in [0.29, 0.717) is 18.7 Å². The minimum absolute atomic E-state index is 0. The van der Waals surface area contributed by atoms with Gasteiger partial charge in [-0.3, -0.25) is 14.3 Å². The maximum atomic E-state index is 12.3. The number of nitrogens with zero attached hydrogens (tertiary/aromatic N) is 2. The van der Waals surface area contributed by atoms with Gasteiger partial charge in [0.05, 0.1) is 12.5 Å². The number of nitrogens with one attached hydrogen (secondary N) is 1. The Bertz CT molecular complexity index is 463. The molecule has 0 saturated heterocycles. The first-order chi connectivity index (χ1) is 9.51. The molecule has 0 bridgehead atoms. The predicted octanol–water partition coefficient (Wildman–Crippen LogP) is 1.18. The largest absolute Gasteiger partial charge is 0.468 e. The Hall–Kier alpha value is -1.60. The van der Waals surface area contributed by atoms with Crippen molar-refractivity contribution < 1.29 is 14.3 Å². The summed E-state index contributed by atoms with van der Waals surface area (Å²) >= 11 is 0. The lowest BCUT2D eigenvalue weighted by Gasteiger charge is -2.27. The van der Waals surface area contributed by atoms with Gasteiger partial charge in [-0.25, -0.2) is 0 Å². The van der Waals surface area contributed by atoms with E-state index in [1.807, 2.05) is 13.8 Å². The van der Waals surface area contributed by atoms with E-state index in [9.17, 15) is 9.59 Å². The van der Waals surface area contributed by atoms with Crippen LogP contribution in [-0.4, -0.2) is 35.3 Å². The Balaban J connectivity index is 0.00000400. The Labute approximate surface area is 130 Å². The topological polar surface area (TPSA) is 99.2 Å². The molecule has 0 saturated carbocycles. The van der Waals surface area contributed by atoms with Gasteiger partial charge < -0.3 is 15.8 Å². The van der Waals surface area contributed by atoms with E-state index in [2.05, 4.69) is 15.2 Å². The van der Waals surface area contributed by atoms with E-state index in [0.717, 1.165) is 0 Å². The van der Waals surface area contributed by atoms with E-state index in [1.165, 1.54) is 11.8 Å². The fourth-order valence-corrected chi connectivity index (χ4v) is 1.91. The van der Waals surface area contributed by atoms with Crippen LogP contribution >= 0.6 is 12.4 Å². The highest BCUT2D eigenvalue weighted by atomic mass is 35.5. The van der Waals surface area contributed by atoms with Crippen LogP contribution in [0.2, 0.25) is 0 Å². The van der Waals surface area contributed by atoms with Crippen LogP contribution in [0.4, 0.5) is 5.82 Å². The molecular formula is C13H23ClN4O3. The molecule has 7 nitrogen and oxygen atoms in total. The lowest BCUT2D eigenvalue weighted by atomic mass is 9.81. The number of hydrogen-bond donors (Lipinski definition) is 2. The van der Waals surface area contributed by atoms with Crippen molar-refractivity contribution in [1.82, 2.24) is 9.78 Å². The summed E-state index contributed by atoms with van der Waals surface area (Å²) < 4.78 is 5.95. The SMILES string of the molecule is CCC(CC)(CN)C(=O)Nc1ccn(CC(=O)OC)n1.Cl. The molecule has 0 atom stereocenters. The molecule has 1 aromatic heterocycles. The molecule has 0 radical (unpaired) electrons. The molecule has 0 aliphatic rings. The van der Waals surface area contributed by atoms with Crippen molar-refractivity contribution in [2.75, 3.05) is 19.0 Å². The Morgan fingerprint density at radius 1 is 1.43 bits per heavy atom. The number of halogens is 1. The molecule has 0 aromatic carbocycles. The summed E-state index contributed by atoms with van der Waals surface area (Å²) in [6.45, 7) is 4.17. The lowest BCUT2D eigenvalue weighted by molar-refractivity contribution is -0.141. The van der Waals surface area contributed by atoms with Crippen LogP contribution in [0.15, 0.2) is 12.3 Å². The van der Waals surface area contributed by atoms with Gasteiger partial charge in [0, 0.05) is 18.8 Å². The minimum atomic E-state index is -0.577. The molecule has 1 amide bonds. The number of carbonyl (C=O) groups excluding carboxylic acids is 2. The predicted molar refractivity (Wildman–Crippen MR) is 82.2 cm³/mol. The summed E-state index contributed by atoms with van der Waals surface area (Å²) in [6, 6.07) is 1.63. The Morgan fingerprint density at radius 2 is 2.05 bits per heavy atom. The van der Waals surface area contributed by atoms with Gasteiger partial charge in [0.25, 0.3) is 0 Å². The number of anilines is 1. The third-order valence-electron chi connectivity index (χ3n) is 3.63. The van der Waals surface area contributed by atoms with Gasteiger partial charge in [0.2, 0.25) is 5.91 Å². The maximum Gasteiger partial charge on any atom is 0.327 e. The van der Waals surface area contributed by atoms with Crippen molar-refractivity contribution in [3.63, 3.8) is 0 Å². The van der Waals surface area contributed by atoms with E-state index in [1.54, 1.807) is 12.3 Å². The van der Waals surface area contributed by atoms with Gasteiger partial charge in [-0.2, -0.15) is 5.10 Å². The second kappa shape index (κ2) is 8.63. The molecule has 0 fully saturated rings. The monoisotopic (exact) mass is 318 g/mol. The molecule has 0 unspecified atom stereocenters. The molecule has 1 rings (SSSR count). The molecule has 0 spiro atoms. The van der Waals surface area contributed by atoms with Crippen molar-refractivity contribution in [2.24, 2.45) is 11.1 Å². The normalized spacial score (nSPS) is 10.7. The fraction of sp³-hybridized carbons (Fsp3) is 0.615. The average molecular weight is 319 g/mol. The van der Waals surface area contributed by atoms with Crippen LogP contribution in [0.1, 0.15) is 26.7 Å². The third-order valence-corrected chi connectivity index (χ3v) is 3.63. The molecule has 8 heteroatoms. The van der Waals surface area contributed by atoms with Crippen molar-refractivity contribution in [3.05, 3.63) is 12.3 Å². The number of aromatic nitrogens is 2. The summed E-state index contributed by atoms with van der Waals surface area (Å²) in [4.78, 5) is 23.4. The average Bonchev–Trinajstić information content (AvgIpc) is 2.88. The van der Waals surface area contributed by atoms with Crippen LogP contribution in [0.25, 0.3) is 0 Å². The number of rotatable bonds is 7.